The molecule has 25 atom stereocenters. The van der Waals surface area contributed by atoms with Crippen molar-refractivity contribution < 1.29 is 108 Å². The summed E-state index contributed by atoms with van der Waals surface area (Å²) in [6.45, 7) is 17.6. The lowest BCUT2D eigenvalue weighted by atomic mass is 9.33. The largest absolute Gasteiger partial charge is 0.479 e. The minimum Gasteiger partial charge on any atom is -0.479 e. The van der Waals surface area contributed by atoms with E-state index < -0.39 is 181 Å². The van der Waals surface area contributed by atoms with Gasteiger partial charge in [0.05, 0.1) is 37.4 Å². The average Bonchev–Trinajstić information content (AvgIpc) is 3.45. The second-order valence-corrected chi connectivity index (χ2v) is 25.2. The topological polar surface area (TPSA) is 348 Å². The van der Waals surface area contributed by atoms with Gasteiger partial charge in [-0.15, -0.1) is 0 Å². The Morgan fingerprint density at radius 1 is 0.724 bits per heavy atom. The summed E-state index contributed by atoms with van der Waals surface area (Å²) in [7, 11) is 0. The SMILES string of the molecule is C/C=C(\C)C(=O)O[C@H]1[C@H](OC(C)=O)[C@]2(CO)[C@H](O)C[C@]3(C)C(=CC[C@@H]4[C@@]5(C)CC[C@H](O[C@@H]6O[C@H](C(=O)O)[C@@H](O[C@@H]7O[C@H](CO)[C@@H](O)[C@H](O)[C@H]7O)[C@H](O)[C@H]6O[C@@H]6OC[C@@H](O)[C@H](O)[C@H]6O)C(C)(C)[C@@H]5CC[C@]43C)[C@@H]2CC1(C)C. The Balaban J connectivity index is 1.09. The molecule has 4 saturated carbocycles. The Morgan fingerprint density at radius 2 is 1.38 bits per heavy atom. The van der Waals surface area contributed by atoms with E-state index in [1.54, 1.807) is 19.9 Å². The Labute approximate surface area is 443 Å². The predicted molar refractivity (Wildman–Crippen MR) is 262 cm³/mol. The van der Waals surface area contributed by atoms with E-state index in [1.807, 2.05) is 13.8 Å². The van der Waals surface area contributed by atoms with E-state index in [4.69, 9.17) is 37.9 Å². The number of carboxylic acid groups (broad SMARTS) is 1. The fourth-order valence-electron chi connectivity index (χ4n) is 15.9. The van der Waals surface area contributed by atoms with Crippen LogP contribution in [-0.2, 0) is 52.3 Å². The van der Waals surface area contributed by atoms with Gasteiger partial charge in [-0.25, -0.2) is 9.59 Å². The van der Waals surface area contributed by atoms with Crippen LogP contribution in [0.3, 0.4) is 0 Å². The average molecular weight is 1090 g/mol. The second kappa shape index (κ2) is 21.3. The first-order chi connectivity index (χ1) is 35.4. The number of aliphatic carboxylic acids is 1. The molecule has 5 aliphatic carbocycles. The van der Waals surface area contributed by atoms with E-state index in [0.717, 1.165) is 5.57 Å². The third-order valence-electron chi connectivity index (χ3n) is 20.5. The van der Waals surface area contributed by atoms with Crippen molar-refractivity contribution in [1.82, 2.24) is 0 Å². The number of hydrogen-bond acceptors (Lipinski definition) is 21. The van der Waals surface area contributed by atoms with Crippen molar-refractivity contribution >= 4 is 17.9 Å². The maximum absolute atomic E-state index is 13.4. The maximum Gasteiger partial charge on any atom is 0.335 e. The number of carbonyl (C=O) groups is 3. The van der Waals surface area contributed by atoms with Crippen LogP contribution in [0.4, 0.5) is 0 Å². The summed E-state index contributed by atoms with van der Waals surface area (Å²) in [5.41, 5.74) is -2.80. The lowest BCUT2D eigenvalue weighted by molar-refractivity contribution is -0.386. The lowest BCUT2D eigenvalue weighted by Gasteiger charge is -2.72. The van der Waals surface area contributed by atoms with Gasteiger partial charge in [0.1, 0.15) is 73.2 Å². The van der Waals surface area contributed by atoms with Crippen LogP contribution in [-0.4, -0.2) is 204 Å². The third-order valence-corrected chi connectivity index (χ3v) is 20.5. The zero-order chi connectivity index (χ0) is 56.2. The number of ether oxygens (including phenoxy) is 8. The normalized spacial score (nSPS) is 49.9. The van der Waals surface area contributed by atoms with Crippen molar-refractivity contribution in [1.29, 1.82) is 0 Å². The number of esters is 2. The fraction of sp³-hybridized carbons (Fsp3) is 0.870. The van der Waals surface area contributed by atoms with Crippen LogP contribution in [0.5, 0.6) is 0 Å². The molecule has 3 heterocycles. The minimum atomic E-state index is -2.05. The van der Waals surface area contributed by atoms with Gasteiger partial charge in [0.2, 0.25) is 0 Å². The Hall–Kier alpha value is -2.75. The predicted octanol–water partition coefficient (Wildman–Crippen LogP) is 0.346. The van der Waals surface area contributed by atoms with E-state index in [9.17, 15) is 70.6 Å². The van der Waals surface area contributed by atoms with Gasteiger partial charge in [-0.05, 0) is 98.2 Å². The van der Waals surface area contributed by atoms with E-state index >= 15 is 0 Å². The second-order valence-electron chi connectivity index (χ2n) is 25.2. The molecule has 0 aromatic rings. The molecule has 3 aliphatic heterocycles. The van der Waals surface area contributed by atoms with Gasteiger partial charge >= 0.3 is 17.9 Å². The summed E-state index contributed by atoms with van der Waals surface area (Å²) in [5.74, 6) is -3.30. The van der Waals surface area contributed by atoms with Crippen LogP contribution < -0.4 is 0 Å². The first-order valence-corrected chi connectivity index (χ1v) is 26.9. The van der Waals surface area contributed by atoms with Crippen molar-refractivity contribution in [2.75, 3.05) is 19.8 Å². The van der Waals surface area contributed by atoms with Crippen molar-refractivity contribution in [2.45, 2.75) is 225 Å². The van der Waals surface area contributed by atoms with E-state index in [1.165, 1.54) is 6.92 Å². The number of allylic oxidation sites excluding steroid dienone is 3. The highest BCUT2D eigenvalue weighted by molar-refractivity contribution is 5.87. The molecule has 0 bridgehead atoms. The molecular weight excluding hydrogens is 1000 g/mol. The summed E-state index contributed by atoms with van der Waals surface area (Å²) in [6, 6.07) is 0. The number of aliphatic hydroxyl groups excluding tert-OH is 10. The molecule has 432 valence electrons. The fourth-order valence-corrected chi connectivity index (χ4v) is 15.9. The van der Waals surface area contributed by atoms with Crippen LogP contribution in [0.25, 0.3) is 0 Å². The monoisotopic (exact) mass is 1080 g/mol. The van der Waals surface area contributed by atoms with Crippen molar-refractivity contribution in [3.63, 3.8) is 0 Å². The Morgan fingerprint density at radius 3 is 2.00 bits per heavy atom. The van der Waals surface area contributed by atoms with Gasteiger partial charge in [-0.1, -0.05) is 66.2 Å². The molecule has 3 saturated heterocycles. The standard InChI is InChI=1S/C54H84O22/c1-11-23(2)45(68)76-42-43(70-24(3)57)54(22-56)26(18-49(42,4)5)25-12-13-30-51(8)16-15-32(50(6,7)29(51)14-17-52(30,9)53(25,10)19-31(54)59)72-48-40(74-46-36(63)33(60)27(58)21-69-46)38(65)39(41(75-48)44(66)67)73-47-37(64)35(62)34(61)28(20-55)71-47/h11-12,26-43,46-48,55-56,58-65H,13-22H2,1-10H3,(H,66,67)/b23-11+/t26-,27+,28+,29-,30+,31+,32-,33-,34+,35-,36+,37+,38-,39-,40+,41-,42-,43-,46-,47-,48+,51-,52+,53+,54-/m0/s1. The summed E-state index contributed by atoms with van der Waals surface area (Å²) < 4.78 is 48.2. The van der Waals surface area contributed by atoms with Gasteiger partial charge in [0, 0.05) is 17.9 Å². The van der Waals surface area contributed by atoms with E-state index in [0.29, 0.717) is 44.1 Å². The highest BCUT2D eigenvalue weighted by atomic mass is 16.8. The zero-order valence-electron chi connectivity index (χ0n) is 45.3. The summed E-state index contributed by atoms with van der Waals surface area (Å²) in [5, 5.41) is 120. The molecule has 0 aromatic heterocycles. The van der Waals surface area contributed by atoms with Gasteiger partial charge < -0.3 is 94.1 Å². The van der Waals surface area contributed by atoms with Gasteiger partial charge in [0.15, 0.2) is 25.0 Å². The third kappa shape index (κ3) is 9.42. The summed E-state index contributed by atoms with van der Waals surface area (Å²) in [6.07, 6.45) is -21.8. The molecule has 11 N–H and O–H groups in total. The molecule has 0 unspecified atom stereocenters. The molecule has 8 aliphatic rings. The van der Waals surface area contributed by atoms with E-state index in [-0.39, 0.29) is 23.7 Å². The molecule has 0 radical (unpaired) electrons. The van der Waals surface area contributed by atoms with Crippen LogP contribution >= 0.6 is 0 Å². The molecule has 22 nitrogen and oxygen atoms in total. The summed E-state index contributed by atoms with van der Waals surface area (Å²) >= 11 is 0. The number of fused-ring (bicyclic) bond motifs is 7. The van der Waals surface area contributed by atoms with Gasteiger partial charge in [-0.3, -0.25) is 4.79 Å². The molecule has 0 amide bonds. The molecular formula is C54H84O22. The lowest BCUT2D eigenvalue weighted by Crippen LogP contribution is -2.72. The zero-order valence-corrected chi connectivity index (χ0v) is 45.3. The minimum absolute atomic E-state index is 0.0380. The molecule has 7 fully saturated rings. The number of aliphatic hydroxyl groups is 10. The Kier molecular flexibility index (Phi) is 16.6. The Bertz CT molecular complexity index is 2220. The molecule has 0 spiro atoms. The van der Waals surface area contributed by atoms with E-state index in [2.05, 4.69) is 40.7 Å². The molecule has 8 rings (SSSR count). The van der Waals surface area contributed by atoms with Crippen molar-refractivity contribution in [2.24, 2.45) is 50.2 Å². The van der Waals surface area contributed by atoms with Crippen LogP contribution in [0.15, 0.2) is 23.3 Å². The van der Waals surface area contributed by atoms with Gasteiger partial charge in [-0.2, -0.15) is 0 Å². The number of carbonyl (C=O) groups excluding carboxylic acids is 2. The van der Waals surface area contributed by atoms with Crippen molar-refractivity contribution in [3.05, 3.63) is 23.3 Å². The highest BCUT2D eigenvalue weighted by Crippen LogP contribution is 2.76. The number of rotatable bonds is 12. The first kappa shape index (κ1) is 59.4. The van der Waals surface area contributed by atoms with Crippen LogP contribution in [0.1, 0.15) is 114 Å². The van der Waals surface area contributed by atoms with Crippen LogP contribution in [0.2, 0.25) is 0 Å². The maximum atomic E-state index is 13.4. The number of hydrogen-bond donors (Lipinski definition) is 11. The molecule has 22 heteroatoms. The quantitative estimate of drug-likeness (QED) is 0.0543. The highest BCUT2D eigenvalue weighted by Gasteiger charge is 2.74. The smallest absolute Gasteiger partial charge is 0.335 e. The number of carboxylic acids is 1. The van der Waals surface area contributed by atoms with Crippen LogP contribution in [0, 0.1) is 50.2 Å². The van der Waals surface area contributed by atoms with Crippen molar-refractivity contribution in [3.8, 4) is 0 Å². The first-order valence-electron chi connectivity index (χ1n) is 26.9. The molecule has 0 aromatic carbocycles. The summed E-state index contributed by atoms with van der Waals surface area (Å²) in [4.78, 5) is 39.4. The van der Waals surface area contributed by atoms with Gasteiger partial charge in [0.25, 0.3) is 0 Å². The molecule has 76 heavy (non-hydrogen) atoms.